The predicted octanol–water partition coefficient (Wildman–Crippen LogP) is 3.02. The molecule has 3 heteroatoms. The van der Waals surface area contributed by atoms with Crippen molar-refractivity contribution < 1.29 is 4.79 Å². The topological polar surface area (TPSA) is 23.6 Å². The van der Waals surface area contributed by atoms with Gasteiger partial charge in [-0.15, -0.1) is 0 Å². The Morgan fingerprint density at radius 2 is 1.81 bits per heavy atom. The first-order valence-electron chi connectivity index (χ1n) is 8.10. The summed E-state index contributed by atoms with van der Waals surface area (Å²) in [7, 11) is 2.04. The Balaban J connectivity index is 1.79. The van der Waals surface area contributed by atoms with Crippen LogP contribution < -0.4 is 0 Å². The fraction of sp³-hybridized carbons (Fsp3) is 0.611. The molecule has 1 fully saturated rings. The van der Waals surface area contributed by atoms with E-state index < -0.39 is 0 Å². The van der Waals surface area contributed by atoms with Gasteiger partial charge in [0, 0.05) is 18.7 Å². The second-order valence-electron chi connectivity index (χ2n) is 6.49. The number of Topliss-reactive ketones (excluding diaryl/α,β-unsaturated/α-hetero) is 1. The number of rotatable bonds is 7. The van der Waals surface area contributed by atoms with Crippen LogP contribution in [0.15, 0.2) is 24.3 Å². The van der Waals surface area contributed by atoms with Gasteiger partial charge in [-0.1, -0.05) is 38.1 Å². The molecule has 0 aromatic heterocycles. The van der Waals surface area contributed by atoms with Crippen LogP contribution in [0.1, 0.15) is 48.5 Å². The molecule has 1 aliphatic heterocycles. The fourth-order valence-electron chi connectivity index (χ4n) is 2.79. The average molecular weight is 288 g/mol. The average Bonchev–Trinajstić information content (AvgIpc) is 2.98. The van der Waals surface area contributed by atoms with Crippen molar-refractivity contribution in [1.29, 1.82) is 0 Å². The number of benzene rings is 1. The minimum Gasteiger partial charge on any atom is -0.302 e. The van der Waals surface area contributed by atoms with Gasteiger partial charge < -0.3 is 4.90 Å². The molecule has 1 heterocycles. The molecule has 2 rings (SSSR count). The van der Waals surface area contributed by atoms with Crippen LogP contribution in [0.4, 0.5) is 0 Å². The van der Waals surface area contributed by atoms with Gasteiger partial charge in [-0.2, -0.15) is 0 Å². The monoisotopic (exact) mass is 288 g/mol. The van der Waals surface area contributed by atoms with E-state index in [1.165, 1.54) is 31.5 Å². The first kappa shape index (κ1) is 16.2. The maximum absolute atomic E-state index is 12.3. The number of likely N-dealkylation sites (N-methyl/N-ethyl adjacent to an activating group) is 1. The van der Waals surface area contributed by atoms with E-state index in [-0.39, 0.29) is 5.78 Å². The molecule has 0 atom stereocenters. The molecule has 1 aromatic carbocycles. The Morgan fingerprint density at radius 3 is 2.38 bits per heavy atom. The van der Waals surface area contributed by atoms with Crippen LogP contribution in [0.5, 0.6) is 0 Å². The van der Waals surface area contributed by atoms with E-state index in [1.54, 1.807) is 0 Å². The second kappa shape index (κ2) is 7.71. The number of carbonyl (C=O) groups is 1. The second-order valence-corrected chi connectivity index (χ2v) is 6.49. The Bertz CT molecular complexity index is 447. The van der Waals surface area contributed by atoms with Gasteiger partial charge >= 0.3 is 0 Å². The summed E-state index contributed by atoms with van der Waals surface area (Å²) in [6.45, 7) is 9.34. The predicted molar refractivity (Wildman–Crippen MR) is 88.0 cm³/mol. The maximum Gasteiger partial charge on any atom is 0.176 e. The summed E-state index contributed by atoms with van der Waals surface area (Å²) < 4.78 is 0. The van der Waals surface area contributed by atoms with Crippen molar-refractivity contribution in [2.75, 3.05) is 39.8 Å². The Hall–Kier alpha value is -1.19. The van der Waals surface area contributed by atoms with Crippen molar-refractivity contribution in [3.05, 3.63) is 35.4 Å². The molecule has 0 N–H and O–H groups in total. The van der Waals surface area contributed by atoms with Crippen LogP contribution in [0.2, 0.25) is 0 Å². The highest BCUT2D eigenvalue weighted by molar-refractivity contribution is 5.97. The molecular weight excluding hydrogens is 260 g/mol. The normalized spacial score (nSPS) is 16.0. The zero-order valence-corrected chi connectivity index (χ0v) is 13.6. The van der Waals surface area contributed by atoms with E-state index in [2.05, 4.69) is 35.8 Å². The first-order valence-corrected chi connectivity index (χ1v) is 8.10. The smallest absolute Gasteiger partial charge is 0.176 e. The lowest BCUT2D eigenvalue weighted by molar-refractivity contribution is 0.0941. The highest BCUT2D eigenvalue weighted by atomic mass is 16.1. The molecule has 0 aliphatic carbocycles. The summed E-state index contributed by atoms with van der Waals surface area (Å²) in [5.41, 5.74) is 2.11. The zero-order chi connectivity index (χ0) is 15.2. The third-order valence-corrected chi connectivity index (χ3v) is 4.31. The molecule has 0 saturated carbocycles. The van der Waals surface area contributed by atoms with Crippen molar-refractivity contribution >= 4 is 5.78 Å². The van der Waals surface area contributed by atoms with E-state index in [1.807, 2.05) is 19.2 Å². The molecule has 21 heavy (non-hydrogen) atoms. The number of hydrogen-bond acceptors (Lipinski definition) is 3. The van der Waals surface area contributed by atoms with Gasteiger partial charge in [-0.25, -0.2) is 0 Å². The van der Waals surface area contributed by atoms with Crippen LogP contribution in [-0.4, -0.2) is 55.4 Å². The van der Waals surface area contributed by atoms with Gasteiger partial charge in [0.2, 0.25) is 0 Å². The molecule has 1 aliphatic rings. The van der Waals surface area contributed by atoms with E-state index in [4.69, 9.17) is 0 Å². The van der Waals surface area contributed by atoms with Crippen molar-refractivity contribution in [3.8, 4) is 0 Å². The van der Waals surface area contributed by atoms with Crippen LogP contribution in [0.3, 0.4) is 0 Å². The van der Waals surface area contributed by atoms with E-state index in [0.29, 0.717) is 12.5 Å². The van der Waals surface area contributed by atoms with Crippen LogP contribution in [0.25, 0.3) is 0 Å². The molecule has 3 nitrogen and oxygen atoms in total. The van der Waals surface area contributed by atoms with Crippen LogP contribution in [0, 0.1) is 0 Å². The summed E-state index contributed by atoms with van der Waals surface area (Å²) in [6.07, 6.45) is 2.65. The zero-order valence-electron chi connectivity index (χ0n) is 13.6. The van der Waals surface area contributed by atoms with Gasteiger partial charge in [-0.05, 0) is 44.5 Å². The van der Waals surface area contributed by atoms with Crippen molar-refractivity contribution in [1.82, 2.24) is 9.80 Å². The van der Waals surface area contributed by atoms with Crippen LogP contribution in [-0.2, 0) is 0 Å². The highest BCUT2D eigenvalue weighted by Gasteiger charge is 2.14. The molecule has 1 saturated heterocycles. The van der Waals surface area contributed by atoms with E-state index >= 15 is 0 Å². The molecule has 0 unspecified atom stereocenters. The van der Waals surface area contributed by atoms with Gasteiger partial charge in [0.05, 0.1) is 6.54 Å². The summed E-state index contributed by atoms with van der Waals surface area (Å²) in [5.74, 6) is 0.728. The third kappa shape index (κ3) is 4.94. The Morgan fingerprint density at radius 1 is 1.19 bits per heavy atom. The van der Waals surface area contributed by atoms with E-state index in [0.717, 1.165) is 18.7 Å². The minimum atomic E-state index is 0.217. The Kier molecular flexibility index (Phi) is 5.95. The SMILES string of the molecule is CC(C)c1ccc(C(=O)CN(C)CCN2CCCC2)cc1. The van der Waals surface area contributed by atoms with Crippen molar-refractivity contribution in [2.24, 2.45) is 0 Å². The largest absolute Gasteiger partial charge is 0.302 e. The maximum atomic E-state index is 12.3. The summed E-state index contributed by atoms with van der Waals surface area (Å²) in [4.78, 5) is 16.9. The van der Waals surface area contributed by atoms with Crippen molar-refractivity contribution in [2.45, 2.75) is 32.6 Å². The molecule has 1 aromatic rings. The molecule has 0 amide bonds. The number of ketones is 1. The summed E-state index contributed by atoms with van der Waals surface area (Å²) in [5, 5.41) is 0. The van der Waals surface area contributed by atoms with Crippen molar-refractivity contribution in [3.63, 3.8) is 0 Å². The van der Waals surface area contributed by atoms with Gasteiger partial charge in [-0.3, -0.25) is 9.69 Å². The Labute approximate surface area is 128 Å². The van der Waals surface area contributed by atoms with E-state index in [9.17, 15) is 4.79 Å². The highest BCUT2D eigenvalue weighted by Crippen LogP contribution is 2.15. The van der Waals surface area contributed by atoms with Gasteiger partial charge in [0.25, 0.3) is 0 Å². The minimum absolute atomic E-state index is 0.217. The number of carbonyl (C=O) groups excluding carboxylic acids is 1. The molecule has 0 bridgehead atoms. The number of nitrogens with zero attached hydrogens (tertiary/aromatic N) is 2. The first-order chi connectivity index (χ1) is 10.1. The number of likely N-dealkylation sites (tertiary alicyclic amines) is 1. The molecule has 0 spiro atoms. The van der Waals surface area contributed by atoms with Gasteiger partial charge in [0.15, 0.2) is 5.78 Å². The molecule has 0 radical (unpaired) electrons. The third-order valence-electron chi connectivity index (χ3n) is 4.31. The molecular formula is C18H28N2O. The lowest BCUT2D eigenvalue weighted by Gasteiger charge is -2.20. The lowest BCUT2D eigenvalue weighted by Crippen LogP contribution is -2.34. The lowest BCUT2D eigenvalue weighted by atomic mass is 10.0. The molecule has 116 valence electrons. The summed E-state index contributed by atoms with van der Waals surface area (Å²) >= 11 is 0. The number of hydrogen-bond donors (Lipinski definition) is 0. The van der Waals surface area contributed by atoms with Gasteiger partial charge in [0.1, 0.15) is 0 Å². The summed E-state index contributed by atoms with van der Waals surface area (Å²) in [6, 6.07) is 8.07. The van der Waals surface area contributed by atoms with Crippen LogP contribution >= 0.6 is 0 Å². The standard InChI is InChI=1S/C18H28N2O/c1-15(2)16-6-8-17(9-7-16)18(21)14-19(3)12-13-20-10-4-5-11-20/h6-9,15H,4-5,10-14H2,1-3H3. The quantitative estimate of drug-likeness (QED) is 0.721. The fourth-order valence-corrected chi connectivity index (χ4v) is 2.79.